The predicted octanol–water partition coefficient (Wildman–Crippen LogP) is 1.23. The van der Waals surface area contributed by atoms with Crippen LogP contribution >= 0.6 is 0 Å². The third-order valence-corrected chi connectivity index (χ3v) is 7.75. The molecule has 10 nitrogen and oxygen atoms in total. The van der Waals surface area contributed by atoms with Crippen LogP contribution in [0.25, 0.3) is 0 Å². The van der Waals surface area contributed by atoms with Gasteiger partial charge >= 0.3 is 5.69 Å². The number of hydrogen-bond donors (Lipinski definition) is 2. The molecule has 1 aromatic heterocycles. The van der Waals surface area contributed by atoms with Gasteiger partial charge in [0, 0.05) is 25.7 Å². The highest BCUT2D eigenvalue weighted by Gasteiger charge is 2.28. The molecule has 11 heteroatoms. The second-order valence-electron chi connectivity index (χ2n) is 8.06. The topological polar surface area (TPSA) is 139 Å². The lowest BCUT2D eigenvalue weighted by molar-refractivity contribution is 0.0992. The minimum Gasteiger partial charge on any atom is -0.383 e. The number of benzene rings is 2. The molecule has 2 aromatic carbocycles. The second-order valence-corrected chi connectivity index (χ2v) is 10.0. The van der Waals surface area contributed by atoms with Gasteiger partial charge in [0.2, 0.25) is 10.0 Å². The Hall–Kier alpha value is -3.70. The molecular weight excluding hydrogens is 458 g/mol. The van der Waals surface area contributed by atoms with Gasteiger partial charge in [-0.15, -0.1) is 0 Å². The summed E-state index contributed by atoms with van der Waals surface area (Å²) in [7, 11) is -2.24. The number of amides is 1. The van der Waals surface area contributed by atoms with Crippen molar-refractivity contribution in [3.63, 3.8) is 0 Å². The average molecular weight is 484 g/mol. The first-order chi connectivity index (χ1) is 16.2. The molecule has 178 valence electrons. The molecule has 1 fully saturated rings. The molecule has 1 amide bonds. The van der Waals surface area contributed by atoms with Gasteiger partial charge in [-0.3, -0.25) is 19.1 Å². The third-order valence-electron chi connectivity index (χ3n) is 5.84. The molecule has 1 saturated heterocycles. The lowest BCUT2D eigenvalue weighted by atomic mass is 10.2. The normalized spacial score (nSPS) is 14.3. The predicted molar refractivity (Wildman–Crippen MR) is 128 cm³/mol. The second kappa shape index (κ2) is 9.27. The Balaban J connectivity index is 1.63. The van der Waals surface area contributed by atoms with E-state index in [1.807, 2.05) is 30.3 Å². The number of carbonyl (C=O) groups is 1. The molecule has 0 saturated carbocycles. The number of hydrogen-bond acceptors (Lipinski definition) is 6. The smallest absolute Gasteiger partial charge is 0.330 e. The summed E-state index contributed by atoms with van der Waals surface area (Å²) in [5.41, 5.74) is 5.47. The molecule has 3 aromatic rings. The van der Waals surface area contributed by atoms with Crippen molar-refractivity contribution in [1.29, 1.82) is 0 Å². The highest BCUT2D eigenvalue weighted by molar-refractivity contribution is 7.89. The molecule has 1 aliphatic heterocycles. The zero-order chi connectivity index (χ0) is 24.5. The molecule has 0 radical (unpaired) electrons. The summed E-state index contributed by atoms with van der Waals surface area (Å²) >= 11 is 0. The maximum absolute atomic E-state index is 13.1. The largest absolute Gasteiger partial charge is 0.383 e. The number of aromatic amines is 1. The van der Waals surface area contributed by atoms with Crippen molar-refractivity contribution in [3.05, 3.63) is 86.6 Å². The number of rotatable bonds is 6. The fourth-order valence-electron chi connectivity index (χ4n) is 3.97. The molecule has 1 aliphatic rings. The van der Waals surface area contributed by atoms with Crippen LogP contribution in [0.3, 0.4) is 0 Å². The van der Waals surface area contributed by atoms with Crippen molar-refractivity contribution in [2.75, 3.05) is 30.8 Å². The van der Waals surface area contributed by atoms with Crippen molar-refractivity contribution >= 4 is 27.4 Å². The Kier molecular flexibility index (Phi) is 6.40. The number of aromatic nitrogens is 2. The Labute approximate surface area is 196 Å². The van der Waals surface area contributed by atoms with Crippen molar-refractivity contribution < 1.29 is 13.2 Å². The highest BCUT2D eigenvalue weighted by Crippen LogP contribution is 2.23. The summed E-state index contributed by atoms with van der Waals surface area (Å²) in [6.07, 6.45) is 1.64. The summed E-state index contributed by atoms with van der Waals surface area (Å²) in [5, 5.41) is 0. The first-order valence-corrected chi connectivity index (χ1v) is 12.2. The van der Waals surface area contributed by atoms with Crippen LogP contribution in [0.15, 0.2) is 69.1 Å². The first-order valence-electron chi connectivity index (χ1n) is 10.7. The minimum atomic E-state index is -3.61. The van der Waals surface area contributed by atoms with Crippen LogP contribution in [0.2, 0.25) is 0 Å². The number of nitrogen functional groups attached to an aromatic ring is 1. The Morgan fingerprint density at radius 1 is 1.03 bits per heavy atom. The molecule has 34 heavy (non-hydrogen) atoms. The summed E-state index contributed by atoms with van der Waals surface area (Å²) in [5.74, 6) is -0.728. The van der Waals surface area contributed by atoms with E-state index in [-0.39, 0.29) is 28.5 Å². The summed E-state index contributed by atoms with van der Waals surface area (Å²) < 4.78 is 28.0. The van der Waals surface area contributed by atoms with Gasteiger partial charge in [0.1, 0.15) is 5.82 Å². The quantitative estimate of drug-likeness (QED) is 0.541. The van der Waals surface area contributed by atoms with E-state index in [2.05, 4.69) is 4.98 Å². The van der Waals surface area contributed by atoms with Gasteiger partial charge in [-0.1, -0.05) is 30.3 Å². The molecule has 4 rings (SSSR count). The highest BCUT2D eigenvalue weighted by atomic mass is 32.2. The van der Waals surface area contributed by atoms with Gasteiger partial charge < -0.3 is 10.6 Å². The van der Waals surface area contributed by atoms with Gasteiger partial charge in [-0.05, 0) is 42.7 Å². The standard InChI is InChI=1S/C23H25N5O5S/c1-26(19-20(24)28(23(31)25-21(19)29)15-16-7-3-2-4-8-16)22(30)17-9-11-18(12-10-17)34(32,33)27-13-5-6-14-27/h2-4,7-12H,5-6,13-15,24H2,1H3,(H,25,29,31). The van der Waals surface area contributed by atoms with Gasteiger partial charge in [0.05, 0.1) is 11.4 Å². The molecular formula is C23H25N5O5S. The van der Waals surface area contributed by atoms with Crippen LogP contribution in [-0.2, 0) is 16.6 Å². The SMILES string of the molecule is CN(C(=O)c1ccc(S(=O)(=O)N2CCCC2)cc1)c1c(N)n(Cc2ccccc2)c(=O)[nH]c1=O. The van der Waals surface area contributed by atoms with E-state index >= 15 is 0 Å². The zero-order valence-corrected chi connectivity index (χ0v) is 19.4. The number of anilines is 2. The van der Waals surface area contributed by atoms with Gasteiger partial charge in [0.25, 0.3) is 11.5 Å². The third kappa shape index (κ3) is 4.39. The van der Waals surface area contributed by atoms with E-state index < -0.39 is 27.2 Å². The lowest BCUT2D eigenvalue weighted by Gasteiger charge is -2.21. The van der Waals surface area contributed by atoms with Gasteiger partial charge in [-0.25, -0.2) is 13.2 Å². The summed E-state index contributed by atoms with van der Waals surface area (Å²) in [4.78, 5) is 41.4. The van der Waals surface area contributed by atoms with Crippen LogP contribution in [0.4, 0.5) is 11.5 Å². The molecule has 0 spiro atoms. The van der Waals surface area contributed by atoms with Crippen LogP contribution in [-0.4, -0.2) is 48.3 Å². The maximum Gasteiger partial charge on any atom is 0.330 e. The van der Waals surface area contributed by atoms with Gasteiger partial charge in [0.15, 0.2) is 5.69 Å². The molecule has 0 atom stereocenters. The Morgan fingerprint density at radius 3 is 2.26 bits per heavy atom. The molecule has 0 aliphatic carbocycles. The van der Waals surface area contributed by atoms with E-state index in [4.69, 9.17) is 5.73 Å². The van der Waals surface area contributed by atoms with E-state index in [1.54, 1.807) is 0 Å². The number of H-pyrrole nitrogens is 1. The van der Waals surface area contributed by atoms with E-state index in [0.29, 0.717) is 13.1 Å². The van der Waals surface area contributed by atoms with Gasteiger partial charge in [-0.2, -0.15) is 4.31 Å². The first kappa shape index (κ1) is 23.5. The molecule has 2 heterocycles. The van der Waals surface area contributed by atoms with Crippen LogP contribution in [0.5, 0.6) is 0 Å². The fourth-order valence-corrected chi connectivity index (χ4v) is 5.48. The van der Waals surface area contributed by atoms with Crippen LogP contribution < -0.4 is 21.9 Å². The average Bonchev–Trinajstić information content (AvgIpc) is 3.38. The lowest BCUT2D eigenvalue weighted by Crippen LogP contribution is -2.39. The number of carbonyl (C=O) groups excluding carboxylic acids is 1. The summed E-state index contributed by atoms with van der Waals surface area (Å²) in [6, 6.07) is 14.6. The molecule has 3 N–H and O–H groups in total. The number of nitrogens with zero attached hydrogens (tertiary/aromatic N) is 3. The van der Waals surface area contributed by atoms with Crippen LogP contribution in [0.1, 0.15) is 28.8 Å². The Morgan fingerprint density at radius 2 is 1.65 bits per heavy atom. The number of nitrogens with one attached hydrogen (secondary N) is 1. The van der Waals surface area contributed by atoms with Crippen molar-refractivity contribution in [1.82, 2.24) is 13.9 Å². The molecule has 0 bridgehead atoms. The summed E-state index contributed by atoms with van der Waals surface area (Å²) in [6.45, 7) is 1.07. The zero-order valence-electron chi connectivity index (χ0n) is 18.6. The fraction of sp³-hybridized carbons (Fsp3) is 0.261. The van der Waals surface area contributed by atoms with E-state index in [0.717, 1.165) is 23.3 Å². The number of nitrogens with two attached hydrogens (primary N) is 1. The van der Waals surface area contributed by atoms with Crippen molar-refractivity contribution in [3.8, 4) is 0 Å². The van der Waals surface area contributed by atoms with E-state index in [1.165, 1.54) is 40.2 Å². The van der Waals surface area contributed by atoms with Crippen molar-refractivity contribution in [2.24, 2.45) is 0 Å². The maximum atomic E-state index is 13.1. The Bertz CT molecular complexity index is 1420. The monoisotopic (exact) mass is 483 g/mol. The number of sulfonamides is 1. The van der Waals surface area contributed by atoms with Crippen LogP contribution in [0, 0.1) is 0 Å². The van der Waals surface area contributed by atoms with E-state index in [9.17, 15) is 22.8 Å². The van der Waals surface area contributed by atoms with Crippen molar-refractivity contribution in [2.45, 2.75) is 24.3 Å². The molecule has 0 unspecified atom stereocenters. The minimum absolute atomic E-state index is 0.0994.